The summed E-state index contributed by atoms with van der Waals surface area (Å²) in [5.74, 6) is 0.881. The average molecular weight is 259 g/mol. The molecule has 0 radical (unpaired) electrons. The molecule has 3 N–H and O–H groups in total. The molecule has 0 unspecified atom stereocenters. The van der Waals surface area contributed by atoms with Crippen molar-refractivity contribution in [1.29, 1.82) is 0 Å². The third-order valence-corrected chi connectivity index (χ3v) is 3.20. The molecule has 3 nitrogen and oxygen atoms in total. The Morgan fingerprint density at radius 2 is 1.95 bits per heavy atom. The summed E-state index contributed by atoms with van der Waals surface area (Å²) in [5.41, 5.74) is 7.05. The highest BCUT2D eigenvalue weighted by molar-refractivity contribution is 5.89. The number of rotatable bonds is 6. The van der Waals surface area contributed by atoms with E-state index in [2.05, 4.69) is 18.2 Å². The third kappa shape index (κ3) is 3.25. The van der Waals surface area contributed by atoms with E-state index in [0.717, 1.165) is 34.9 Å². The molecule has 2 aromatic rings. The minimum absolute atomic E-state index is 0.0579. The Kier molecular flexibility index (Phi) is 4.77. The summed E-state index contributed by atoms with van der Waals surface area (Å²) in [6.45, 7) is 2.78. The molecule has 2 aromatic carbocycles. The molecule has 0 heterocycles. The molecule has 0 bridgehead atoms. The number of fused-ring (bicyclic) bond motifs is 1. The summed E-state index contributed by atoms with van der Waals surface area (Å²) in [6.07, 6.45) is 1.61. The summed E-state index contributed by atoms with van der Waals surface area (Å²) < 4.78 is 5.92. The standard InChI is InChI=1S/C16H21NO2/c1-12(17)14-9-8-13-6-2-3-7-15(13)16(14)19-11-5-4-10-18/h2-3,6-9,12,18H,4-5,10-11,17H2,1H3/t12-/m1/s1. The fourth-order valence-corrected chi connectivity index (χ4v) is 2.17. The number of unbranched alkanes of at least 4 members (excludes halogenated alkanes) is 1. The van der Waals surface area contributed by atoms with Gasteiger partial charge in [0.25, 0.3) is 0 Å². The lowest BCUT2D eigenvalue weighted by atomic mass is 10.0. The van der Waals surface area contributed by atoms with Crippen molar-refractivity contribution in [1.82, 2.24) is 0 Å². The second kappa shape index (κ2) is 6.55. The monoisotopic (exact) mass is 259 g/mol. The van der Waals surface area contributed by atoms with Gasteiger partial charge in [0, 0.05) is 23.6 Å². The van der Waals surface area contributed by atoms with Crippen LogP contribution in [0.15, 0.2) is 36.4 Å². The van der Waals surface area contributed by atoms with E-state index in [0.29, 0.717) is 6.61 Å². The van der Waals surface area contributed by atoms with Gasteiger partial charge in [0.15, 0.2) is 0 Å². The fraction of sp³-hybridized carbons (Fsp3) is 0.375. The minimum Gasteiger partial charge on any atom is -0.493 e. The van der Waals surface area contributed by atoms with Gasteiger partial charge in [-0.3, -0.25) is 0 Å². The van der Waals surface area contributed by atoms with Crippen LogP contribution in [0, 0.1) is 0 Å². The molecular weight excluding hydrogens is 238 g/mol. The molecule has 0 amide bonds. The van der Waals surface area contributed by atoms with Crippen LogP contribution in [0.2, 0.25) is 0 Å². The number of hydrogen-bond acceptors (Lipinski definition) is 3. The molecule has 0 saturated heterocycles. The van der Waals surface area contributed by atoms with Gasteiger partial charge >= 0.3 is 0 Å². The Bertz CT molecular complexity index is 537. The molecule has 0 fully saturated rings. The smallest absolute Gasteiger partial charge is 0.131 e. The van der Waals surface area contributed by atoms with Crippen LogP contribution in [-0.4, -0.2) is 18.3 Å². The molecule has 1 atom stereocenters. The first-order valence-electron chi connectivity index (χ1n) is 6.75. The van der Waals surface area contributed by atoms with Crippen LogP contribution < -0.4 is 10.5 Å². The van der Waals surface area contributed by atoms with Gasteiger partial charge in [-0.25, -0.2) is 0 Å². The minimum atomic E-state index is -0.0579. The molecule has 3 heteroatoms. The average Bonchev–Trinajstić information content (AvgIpc) is 2.43. The lowest BCUT2D eigenvalue weighted by molar-refractivity contribution is 0.253. The van der Waals surface area contributed by atoms with E-state index in [1.54, 1.807) is 0 Å². The van der Waals surface area contributed by atoms with Crippen molar-refractivity contribution >= 4 is 10.8 Å². The predicted octanol–water partition coefficient (Wildman–Crippen LogP) is 3.01. The number of aliphatic hydroxyl groups is 1. The van der Waals surface area contributed by atoms with Crippen molar-refractivity contribution in [2.75, 3.05) is 13.2 Å². The van der Waals surface area contributed by atoms with Gasteiger partial charge in [-0.1, -0.05) is 36.4 Å². The summed E-state index contributed by atoms with van der Waals surface area (Å²) in [5, 5.41) is 11.1. The number of ether oxygens (including phenoxy) is 1. The first-order chi connectivity index (χ1) is 9.24. The second-order valence-electron chi connectivity index (χ2n) is 4.77. The molecule has 0 aliphatic carbocycles. The molecule has 19 heavy (non-hydrogen) atoms. The highest BCUT2D eigenvalue weighted by atomic mass is 16.5. The second-order valence-corrected chi connectivity index (χ2v) is 4.77. The summed E-state index contributed by atoms with van der Waals surface area (Å²) >= 11 is 0. The highest BCUT2D eigenvalue weighted by Crippen LogP contribution is 2.33. The van der Waals surface area contributed by atoms with Crippen LogP contribution in [-0.2, 0) is 0 Å². The van der Waals surface area contributed by atoms with Crippen LogP contribution in [0.1, 0.15) is 31.4 Å². The van der Waals surface area contributed by atoms with Crippen molar-refractivity contribution in [3.63, 3.8) is 0 Å². The van der Waals surface area contributed by atoms with Crippen molar-refractivity contribution in [3.05, 3.63) is 42.0 Å². The van der Waals surface area contributed by atoms with Crippen LogP contribution in [0.3, 0.4) is 0 Å². The zero-order valence-corrected chi connectivity index (χ0v) is 11.3. The van der Waals surface area contributed by atoms with E-state index in [9.17, 15) is 0 Å². The maximum Gasteiger partial charge on any atom is 0.131 e. The Morgan fingerprint density at radius 3 is 2.68 bits per heavy atom. The van der Waals surface area contributed by atoms with Crippen molar-refractivity contribution in [2.24, 2.45) is 5.73 Å². The summed E-state index contributed by atoms with van der Waals surface area (Å²) in [4.78, 5) is 0. The van der Waals surface area contributed by atoms with E-state index >= 15 is 0 Å². The van der Waals surface area contributed by atoms with Crippen LogP contribution >= 0.6 is 0 Å². The van der Waals surface area contributed by atoms with Crippen molar-refractivity contribution in [3.8, 4) is 5.75 Å². The molecule has 102 valence electrons. The van der Waals surface area contributed by atoms with E-state index < -0.39 is 0 Å². The molecule has 0 spiro atoms. The summed E-state index contributed by atoms with van der Waals surface area (Å²) in [7, 11) is 0. The Hall–Kier alpha value is -1.58. The molecular formula is C16H21NO2. The van der Waals surface area contributed by atoms with Gasteiger partial charge in [0.1, 0.15) is 5.75 Å². The largest absolute Gasteiger partial charge is 0.493 e. The summed E-state index contributed by atoms with van der Waals surface area (Å²) in [6, 6.07) is 12.2. The van der Waals surface area contributed by atoms with Crippen molar-refractivity contribution in [2.45, 2.75) is 25.8 Å². The molecule has 0 saturated carbocycles. The van der Waals surface area contributed by atoms with Gasteiger partial charge in [-0.05, 0) is 25.2 Å². The van der Waals surface area contributed by atoms with Gasteiger partial charge in [0.05, 0.1) is 6.61 Å². The van der Waals surface area contributed by atoms with Gasteiger partial charge in [-0.15, -0.1) is 0 Å². The highest BCUT2D eigenvalue weighted by Gasteiger charge is 2.11. The van der Waals surface area contributed by atoms with Crippen LogP contribution in [0.5, 0.6) is 5.75 Å². The molecule has 0 aliphatic heterocycles. The number of aliphatic hydroxyl groups excluding tert-OH is 1. The maximum absolute atomic E-state index is 8.80. The first-order valence-corrected chi connectivity index (χ1v) is 6.75. The normalized spacial score (nSPS) is 12.6. The molecule has 0 aliphatic rings. The van der Waals surface area contributed by atoms with Crippen LogP contribution in [0.4, 0.5) is 0 Å². The number of benzene rings is 2. The topological polar surface area (TPSA) is 55.5 Å². The predicted molar refractivity (Wildman–Crippen MR) is 78.4 cm³/mol. The Labute approximate surface area is 114 Å². The zero-order valence-electron chi connectivity index (χ0n) is 11.3. The lowest BCUT2D eigenvalue weighted by Crippen LogP contribution is -2.09. The quantitative estimate of drug-likeness (QED) is 0.784. The third-order valence-electron chi connectivity index (χ3n) is 3.20. The number of nitrogens with two attached hydrogens (primary N) is 1. The van der Waals surface area contributed by atoms with Gasteiger partial charge < -0.3 is 15.6 Å². The van der Waals surface area contributed by atoms with Gasteiger partial charge in [0.2, 0.25) is 0 Å². The molecule has 0 aromatic heterocycles. The fourth-order valence-electron chi connectivity index (χ4n) is 2.17. The maximum atomic E-state index is 8.80. The SMILES string of the molecule is C[C@@H](N)c1ccc2ccccc2c1OCCCCO. The lowest BCUT2D eigenvalue weighted by Gasteiger charge is -2.16. The van der Waals surface area contributed by atoms with Crippen molar-refractivity contribution < 1.29 is 9.84 Å². The first kappa shape index (κ1) is 13.8. The van der Waals surface area contributed by atoms with E-state index in [4.69, 9.17) is 15.6 Å². The van der Waals surface area contributed by atoms with E-state index in [1.807, 2.05) is 25.1 Å². The van der Waals surface area contributed by atoms with E-state index in [1.165, 1.54) is 0 Å². The van der Waals surface area contributed by atoms with Gasteiger partial charge in [-0.2, -0.15) is 0 Å². The zero-order chi connectivity index (χ0) is 13.7. The Balaban J connectivity index is 2.33. The van der Waals surface area contributed by atoms with E-state index in [-0.39, 0.29) is 12.6 Å². The molecule has 2 rings (SSSR count). The Morgan fingerprint density at radius 1 is 1.16 bits per heavy atom. The number of hydrogen-bond donors (Lipinski definition) is 2. The van der Waals surface area contributed by atoms with Crippen LogP contribution in [0.25, 0.3) is 10.8 Å².